The summed E-state index contributed by atoms with van der Waals surface area (Å²) in [5.41, 5.74) is 5.09. The van der Waals surface area contributed by atoms with Crippen LogP contribution in [0.4, 0.5) is 0 Å². The van der Waals surface area contributed by atoms with Gasteiger partial charge in [0, 0.05) is 16.7 Å². The van der Waals surface area contributed by atoms with Crippen LogP contribution in [-0.2, 0) is 0 Å². The first kappa shape index (κ1) is 26.2. The summed E-state index contributed by atoms with van der Waals surface area (Å²) in [4.78, 5) is 15.3. The Hall–Kier alpha value is -6.19. The van der Waals surface area contributed by atoms with E-state index in [0.29, 0.717) is 17.5 Å². The summed E-state index contributed by atoms with van der Waals surface area (Å²) in [5, 5.41) is 9.75. The molecule has 0 saturated heterocycles. The number of rotatable bonds is 4. The quantitative estimate of drug-likeness (QED) is 0.193. The average Bonchev–Trinajstić information content (AvgIpc) is 3.14. The highest BCUT2D eigenvalue weighted by atomic mass is 15.0. The van der Waals surface area contributed by atoms with Crippen LogP contribution in [0.5, 0.6) is 0 Å². The summed E-state index contributed by atoms with van der Waals surface area (Å²) in [7, 11) is 0. The molecule has 9 rings (SSSR count). The highest BCUT2D eigenvalue weighted by Crippen LogP contribution is 2.36. The highest BCUT2D eigenvalue weighted by molar-refractivity contribution is 6.17. The minimum absolute atomic E-state index is 0.650. The fourth-order valence-corrected chi connectivity index (χ4v) is 6.59. The molecule has 46 heavy (non-hydrogen) atoms. The molecule has 0 radical (unpaired) electrons. The van der Waals surface area contributed by atoms with Gasteiger partial charge in [-0.05, 0) is 66.3 Å². The fraction of sp³-hybridized carbons (Fsp3) is 0. The zero-order valence-electron chi connectivity index (χ0n) is 24.9. The van der Waals surface area contributed by atoms with Gasteiger partial charge in [0.1, 0.15) is 0 Å². The van der Waals surface area contributed by atoms with Gasteiger partial charge >= 0.3 is 0 Å². The number of benzene rings is 8. The third-order valence-corrected chi connectivity index (χ3v) is 8.90. The summed E-state index contributed by atoms with van der Waals surface area (Å²) in [6, 6.07) is 57.6. The van der Waals surface area contributed by atoms with E-state index in [4.69, 9.17) is 15.0 Å². The Bertz CT molecular complexity index is 2590. The van der Waals surface area contributed by atoms with Gasteiger partial charge in [0.15, 0.2) is 17.5 Å². The van der Waals surface area contributed by atoms with Crippen molar-refractivity contribution >= 4 is 43.1 Å². The van der Waals surface area contributed by atoms with Crippen molar-refractivity contribution in [3.05, 3.63) is 164 Å². The molecule has 1 heterocycles. The van der Waals surface area contributed by atoms with Gasteiger partial charge in [-0.15, -0.1) is 0 Å². The van der Waals surface area contributed by atoms with Crippen LogP contribution in [-0.4, -0.2) is 15.0 Å². The first-order valence-corrected chi connectivity index (χ1v) is 15.5. The largest absolute Gasteiger partial charge is 0.208 e. The van der Waals surface area contributed by atoms with Crippen LogP contribution in [0.2, 0.25) is 0 Å². The van der Waals surface area contributed by atoms with Crippen molar-refractivity contribution in [3.8, 4) is 45.3 Å². The molecule has 0 atom stereocenters. The van der Waals surface area contributed by atoms with Crippen LogP contribution in [0, 0.1) is 0 Å². The van der Waals surface area contributed by atoms with E-state index < -0.39 is 0 Å². The van der Waals surface area contributed by atoms with Crippen molar-refractivity contribution in [2.75, 3.05) is 0 Å². The van der Waals surface area contributed by atoms with Gasteiger partial charge in [0.25, 0.3) is 0 Å². The molecule has 3 nitrogen and oxygen atoms in total. The molecular weight excluding hydrogens is 558 g/mol. The molecule has 0 bridgehead atoms. The predicted octanol–water partition coefficient (Wildman–Crippen LogP) is 11.2. The van der Waals surface area contributed by atoms with E-state index in [1.807, 2.05) is 18.2 Å². The normalized spacial score (nSPS) is 11.5. The van der Waals surface area contributed by atoms with Gasteiger partial charge in [-0.1, -0.05) is 152 Å². The maximum absolute atomic E-state index is 5.16. The minimum Gasteiger partial charge on any atom is -0.208 e. The van der Waals surface area contributed by atoms with Gasteiger partial charge in [-0.3, -0.25) is 0 Å². The number of fused-ring (bicyclic) bond motifs is 6. The SMILES string of the molecule is c1ccc(-c2nc(-c3ccc4ccc5c6ccccc6ccc5c4c3)nc(-c3ccccc3-c3ccc4ccccc4c3)n2)cc1. The molecule has 0 spiro atoms. The lowest BCUT2D eigenvalue weighted by molar-refractivity contribution is 1.07. The van der Waals surface area contributed by atoms with E-state index in [1.54, 1.807) is 0 Å². The second-order valence-electron chi connectivity index (χ2n) is 11.7. The number of hydrogen-bond acceptors (Lipinski definition) is 3. The Morgan fingerprint density at radius 2 is 0.804 bits per heavy atom. The molecule has 0 fully saturated rings. The van der Waals surface area contributed by atoms with Crippen molar-refractivity contribution in [1.29, 1.82) is 0 Å². The first-order valence-electron chi connectivity index (χ1n) is 15.5. The molecule has 9 aromatic rings. The Morgan fingerprint density at radius 1 is 0.261 bits per heavy atom. The van der Waals surface area contributed by atoms with E-state index in [0.717, 1.165) is 27.8 Å². The van der Waals surface area contributed by atoms with Crippen LogP contribution in [0.3, 0.4) is 0 Å². The maximum Gasteiger partial charge on any atom is 0.164 e. The van der Waals surface area contributed by atoms with Crippen LogP contribution in [0.25, 0.3) is 88.4 Å². The minimum atomic E-state index is 0.650. The van der Waals surface area contributed by atoms with Crippen molar-refractivity contribution < 1.29 is 0 Å². The van der Waals surface area contributed by atoms with Gasteiger partial charge in [-0.25, -0.2) is 15.0 Å². The summed E-state index contributed by atoms with van der Waals surface area (Å²) in [5.74, 6) is 1.95. The molecular formula is C43H27N3. The van der Waals surface area contributed by atoms with Gasteiger partial charge in [-0.2, -0.15) is 0 Å². The third-order valence-electron chi connectivity index (χ3n) is 8.90. The smallest absolute Gasteiger partial charge is 0.164 e. The predicted molar refractivity (Wildman–Crippen MR) is 192 cm³/mol. The van der Waals surface area contributed by atoms with Gasteiger partial charge in [0.05, 0.1) is 0 Å². The van der Waals surface area contributed by atoms with Crippen molar-refractivity contribution in [2.45, 2.75) is 0 Å². The Kier molecular flexibility index (Phi) is 6.14. The maximum atomic E-state index is 5.16. The van der Waals surface area contributed by atoms with Crippen LogP contribution in [0.15, 0.2) is 164 Å². The van der Waals surface area contributed by atoms with E-state index in [2.05, 4.69) is 146 Å². The molecule has 0 unspecified atom stereocenters. The number of nitrogens with zero attached hydrogens (tertiary/aromatic N) is 3. The van der Waals surface area contributed by atoms with Gasteiger partial charge < -0.3 is 0 Å². The summed E-state index contributed by atoms with van der Waals surface area (Å²) in [6.07, 6.45) is 0. The Labute approximate surface area is 266 Å². The molecule has 0 aliphatic rings. The van der Waals surface area contributed by atoms with Crippen molar-refractivity contribution in [2.24, 2.45) is 0 Å². The van der Waals surface area contributed by atoms with Crippen molar-refractivity contribution in [1.82, 2.24) is 15.0 Å². The lowest BCUT2D eigenvalue weighted by Crippen LogP contribution is -2.01. The molecule has 0 amide bonds. The van der Waals surface area contributed by atoms with Crippen LogP contribution < -0.4 is 0 Å². The van der Waals surface area contributed by atoms with Crippen LogP contribution >= 0.6 is 0 Å². The first-order chi connectivity index (χ1) is 22.8. The lowest BCUT2D eigenvalue weighted by atomic mass is 9.95. The monoisotopic (exact) mass is 585 g/mol. The molecule has 8 aromatic carbocycles. The fourth-order valence-electron chi connectivity index (χ4n) is 6.59. The third kappa shape index (κ3) is 4.49. The molecule has 0 N–H and O–H groups in total. The molecule has 0 aliphatic carbocycles. The molecule has 0 aliphatic heterocycles. The van der Waals surface area contributed by atoms with E-state index >= 15 is 0 Å². The topological polar surface area (TPSA) is 38.7 Å². The van der Waals surface area contributed by atoms with Gasteiger partial charge in [0.2, 0.25) is 0 Å². The molecule has 3 heteroatoms. The summed E-state index contributed by atoms with van der Waals surface area (Å²) in [6.45, 7) is 0. The second kappa shape index (κ2) is 10.8. The molecule has 1 aromatic heterocycles. The Balaban J connectivity index is 1.26. The standard InChI is InChI=1S/C43H27N3/c1-2-12-31(13-3-1)41-44-42(34-21-19-30-23-24-37-35-15-7-6-11-29(35)22-25-38(37)40(30)27-34)46-43(45-41)39-17-9-8-16-36(39)33-20-18-28-10-4-5-14-32(28)26-33/h1-27H. The van der Waals surface area contributed by atoms with E-state index in [9.17, 15) is 0 Å². The van der Waals surface area contributed by atoms with Crippen LogP contribution in [0.1, 0.15) is 0 Å². The Morgan fingerprint density at radius 3 is 1.63 bits per heavy atom. The number of hydrogen-bond donors (Lipinski definition) is 0. The second-order valence-corrected chi connectivity index (χ2v) is 11.7. The van der Waals surface area contributed by atoms with Crippen molar-refractivity contribution in [3.63, 3.8) is 0 Å². The van der Waals surface area contributed by atoms with E-state index in [-0.39, 0.29) is 0 Å². The van der Waals surface area contributed by atoms with E-state index in [1.165, 1.54) is 43.1 Å². The average molecular weight is 586 g/mol. The molecule has 214 valence electrons. The lowest BCUT2D eigenvalue weighted by Gasteiger charge is -2.13. The highest BCUT2D eigenvalue weighted by Gasteiger charge is 2.16. The number of aromatic nitrogens is 3. The summed E-state index contributed by atoms with van der Waals surface area (Å²) >= 11 is 0. The molecule has 0 saturated carbocycles. The summed E-state index contributed by atoms with van der Waals surface area (Å²) < 4.78 is 0. The zero-order valence-corrected chi connectivity index (χ0v) is 24.9. The zero-order chi connectivity index (χ0) is 30.5.